The van der Waals surface area contributed by atoms with Gasteiger partial charge in [0.2, 0.25) is 0 Å². The molecule has 4 rings (SSSR count). The standard InChI is InChI=1S/C24H38N4O/c1-2-25-24(27-19-13-15-28(16-14-19)20-8-4-5-9-20)26-17-22-21-10-6-3-7-18(21)11-12-23(22)29/h11-12,19-20,29H,2-10,13-17H2,1H3,(H2,25,26,27). The Morgan fingerprint density at radius 1 is 1.07 bits per heavy atom. The van der Waals surface area contributed by atoms with E-state index in [-0.39, 0.29) is 0 Å². The summed E-state index contributed by atoms with van der Waals surface area (Å²) in [6.07, 6.45) is 12.7. The minimum Gasteiger partial charge on any atom is -0.508 e. The number of nitrogens with zero attached hydrogens (tertiary/aromatic N) is 2. The van der Waals surface area contributed by atoms with Crippen LogP contribution < -0.4 is 10.6 Å². The maximum Gasteiger partial charge on any atom is 0.191 e. The zero-order valence-electron chi connectivity index (χ0n) is 18.1. The average molecular weight is 399 g/mol. The number of phenolic OH excluding ortho intramolecular Hbond substituents is 1. The monoisotopic (exact) mass is 398 g/mol. The number of likely N-dealkylation sites (tertiary alicyclic amines) is 1. The summed E-state index contributed by atoms with van der Waals surface area (Å²) in [5, 5.41) is 17.5. The van der Waals surface area contributed by atoms with Gasteiger partial charge in [-0.05, 0) is 75.5 Å². The van der Waals surface area contributed by atoms with Gasteiger partial charge in [-0.2, -0.15) is 0 Å². The lowest BCUT2D eigenvalue weighted by Gasteiger charge is -2.36. The van der Waals surface area contributed by atoms with Gasteiger partial charge in [0.05, 0.1) is 6.54 Å². The molecule has 3 aliphatic rings. The molecule has 0 aromatic heterocycles. The topological polar surface area (TPSA) is 59.9 Å². The third-order valence-electron chi connectivity index (χ3n) is 7.08. The van der Waals surface area contributed by atoms with Gasteiger partial charge in [0.15, 0.2) is 5.96 Å². The SMILES string of the molecule is CCNC(=NCc1c(O)ccc2c1CCCC2)NC1CCN(C2CCCC2)CC1. The Morgan fingerprint density at radius 3 is 2.59 bits per heavy atom. The minimum atomic E-state index is 0.398. The number of phenols is 1. The third-order valence-corrected chi connectivity index (χ3v) is 7.08. The second-order valence-corrected chi connectivity index (χ2v) is 9.00. The van der Waals surface area contributed by atoms with Gasteiger partial charge in [-0.15, -0.1) is 0 Å². The maximum atomic E-state index is 10.4. The summed E-state index contributed by atoms with van der Waals surface area (Å²) in [6, 6.07) is 5.28. The predicted octanol–water partition coefficient (Wildman–Crippen LogP) is 3.73. The van der Waals surface area contributed by atoms with Crippen LogP contribution in [0.2, 0.25) is 0 Å². The summed E-state index contributed by atoms with van der Waals surface area (Å²) >= 11 is 0. The summed E-state index contributed by atoms with van der Waals surface area (Å²) in [5.74, 6) is 1.29. The van der Waals surface area contributed by atoms with E-state index in [1.54, 1.807) is 0 Å². The number of hydrogen-bond acceptors (Lipinski definition) is 3. The van der Waals surface area contributed by atoms with Crippen molar-refractivity contribution in [1.82, 2.24) is 15.5 Å². The molecule has 5 heteroatoms. The van der Waals surface area contributed by atoms with Gasteiger partial charge >= 0.3 is 0 Å². The number of piperidine rings is 1. The lowest BCUT2D eigenvalue weighted by Crippen LogP contribution is -2.50. The molecule has 1 aromatic carbocycles. The highest BCUT2D eigenvalue weighted by molar-refractivity contribution is 5.80. The molecule has 1 saturated heterocycles. The van der Waals surface area contributed by atoms with Crippen LogP contribution in [0.5, 0.6) is 5.75 Å². The molecule has 1 aromatic rings. The van der Waals surface area contributed by atoms with E-state index in [0.29, 0.717) is 18.3 Å². The van der Waals surface area contributed by atoms with E-state index in [9.17, 15) is 5.11 Å². The molecule has 0 unspecified atom stereocenters. The summed E-state index contributed by atoms with van der Waals surface area (Å²) in [5.41, 5.74) is 3.76. The molecule has 1 aliphatic heterocycles. The number of nitrogens with one attached hydrogen (secondary N) is 2. The molecule has 0 amide bonds. The van der Waals surface area contributed by atoms with Crippen LogP contribution in [0.1, 0.15) is 75.0 Å². The maximum absolute atomic E-state index is 10.4. The van der Waals surface area contributed by atoms with Crippen LogP contribution in [0.15, 0.2) is 17.1 Å². The summed E-state index contributed by atoms with van der Waals surface area (Å²) in [4.78, 5) is 7.58. The van der Waals surface area contributed by atoms with Crippen LogP contribution in [-0.4, -0.2) is 47.7 Å². The first-order chi connectivity index (χ1) is 14.2. The number of hydrogen-bond donors (Lipinski definition) is 3. The Kier molecular flexibility index (Phi) is 6.96. The van der Waals surface area contributed by atoms with Crippen molar-refractivity contribution in [3.8, 4) is 5.75 Å². The van der Waals surface area contributed by atoms with Gasteiger partial charge in [-0.25, -0.2) is 4.99 Å². The highest BCUT2D eigenvalue weighted by atomic mass is 16.3. The number of guanidine groups is 1. The number of rotatable bonds is 5. The molecular weight excluding hydrogens is 360 g/mol. The van der Waals surface area contributed by atoms with E-state index in [0.717, 1.165) is 37.0 Å². The highest BCUT2D eigenvalue weighted by Gasteiger charge is 2.27. The molecule has 1 heterocycles. The van der Waals surface area contributed by atoms with Gasteiger partial charge in [-0.3, -0.25) is 0 Å². The van der Waals surface area contributed by atoms with Crippen molar-refractivity contribution in [3.63, 3.8) is 0 Å². The Morgan fingerprint density at radius 2 is 1.83 bits per heavy atom. The third kappa shape index (κ3) is 5.06. The van der Waals surface area contributed by atoms with Gasteiger partial charge in [0, 0.05) is 37.3 Å². The van der Waals surface area contributed by atoms with Gasteiger partial charge in [0.25, 0.3) is 0 Å². The second kappa shape index (κ2) is 9.84. The van der Waals surface area contributed by atoms with E-state index in [1.807, 2.05) is 6.07 Å². The van der Waals surface area contributed by atoms with E-state index < -0.39 is 0 Å². The first-order valence-corrected chi connectivity index (χ1v) is 11.9. The van der Waals surface area contributed by atoms with Crippen LogP contribution in [0.3, 0.4) is 0 Å². The zero-order chi connectivity index (χ0) is 20.1. The molecule has 0 bridgehead atoms. The molecule has 5 nitrogen and oxygen atoms in total. The van der Waals surface area contributed by atoms with Crippen molar-refractivity contribution in [2.45, 2.75) is 89.8 Å². The molecule has 0 radical (unpaired) electrons. The number of aromatic hydroxyl groups is 1. The fraction of sp³-hybridized carbons (Fsp3) is 0.708. The second-order valence-electron chi connectivity index (χ2n) is 9.00. The van der Waals surface area contributed by atoms with Crippen molar-refractivity contribution < 1.29 is 5.11 Å². The van der Waals surface area contributed by atoms with Crippen LogP contribution >= 0.6 is 0 Å². The molecule has 3 N–H and O–H groups in total. The number of aliphatic imine (C=N–C) groups is 1. The zero-order valence-corrected chi connectivity index (χ0v) is 18.1. The molecule has 0 spiro atoms. The summed E-state index contributed by atoms with van der Waals surface area (Å²) < 4.78 is 0. The lowest BCUT2D eigenvalue weighted by atomic mass is 9.88. The fourth-order valence-electron chi connectivity index (χ4n) is 5.42. The number of aryl methyl sites for hydroxylation is 1. The van der Waals surface area contributed by atoms with Crippen molar-refractivity contribution in [2.24, 2.45) is 4.99 Å². The Balaban J connectivity index is 1.37. The van der Waals surface area contributed by atoms with E-state index >= 15 is 0 Å². The van der Waals surface area contributed by atoms with Crippen molar-refractivity contribution in [1.29, 1.82) is 0 Å². The van der Waals surface area contributed by atoms with E-state index in [4.69, 9.17) is 4.99 Å². The van der Waals surface area contributed by atoms with Crippen molar-refractivity contribution >= 4 is 5.96 Å². The molecule has 2 fully saturated rings. The molecule has 0 atom stereocenters. The Bertz CT molecular complexity index is 703. The highest BCUT2D eigenvalue weighted by Crippen LogP contribution is 2.31. The Labute approximate surface area is 176 Å². The quantitative estimate of drug-likeness (QED) is 0.522. The molecule has 160 valence electrons. The van der Waals surface area contributed by atoms with Crippen LogP contribution in [0, 0.1) is 0 Å². The number of fused-ring (bicyclic) bond motifs is 1. The smallest absolute Gasteiger partial charge is 0.191 e. The first kappa shape index (κ1) is 20.5. The van der Waals surface area contributed by atoms with Gasteiger partial charge < -0.3 is 20.6 Å². The van der Waals surface area contributed by atoms with Crippen molar-refractivity contribution in [3.05, 3.63) is 28.8 Å². The first-order valence-electron chi connectivity index (χ1n) is 11.9. The van der Waals surface area contributed by atoms with Crippen LogP contribution in [0.4, 0.5) is 0 Å². The molecule has 29 heavy (non-hydrogen) atoms. The average Bonchev–Trinajstić information content (AvgIpc) is 3.28. The lowest BCUT2D eigenvalue weighted by molar-refractivity contribution is 0.150. The van der Waals surface area contributed by atoms with Crippen LogP contribution in [-0.2, 0) is 19.4 Å². The minimum absolute atomic E-state index is 0.398. The van der Waals surface area contributed by atoms with Gasteiger partial charge in [0.1, 0.15) is 5.75 Å². The predicted molar refractivity (Wildman–Crippen MR) is 120 cm³/mol. The number of benzene rings is 1. The molecular formula is C24H38N4O. The largest absolute Gasteiger partial charge is 0.508 e. The van der Waals surface area contributed by atoms with Crippen molar-refractivity contribution in [2.75, 3.05) is 19.6 Å². The van der Waals surface area contributed by atoms with Gasteiger partial charge in [-0.1, -0.05) is 18.9 Å². The van der Waals surface area contributed by atoms with Crippen LogP contribution in [0.25, 0.3) is 0 Å². The van der Waals surface area contributed by atoms with E-state index in [2.05, 4.69) is 28.5 Å². The molecule has 1 saturated carbocycles. The summed E-state index contributed by atoms with van der Waals surface area (Å²) in [6.45, 7) is 5.92. The molecule has 2 aliphatic carbocycles. The Hall–Kier alpha value is -1.75. The normalized spacial score (nSPS) is 21.9. The summed E-state index contributed by atoms with van der Waals surface area (Å²) in [7, 11) is 0. The fourth-order valence-corrected chi connectivity index (χ4v) is 5.42. The van der Waals surface area contributed by atoms with E-state index in [1.165, 1.54) is 75.6 Å².